The van der Waals surface area contributed by atoms with Crippen molar-refractivity contribution in [2.75, 3.05) is 19.4 Å². The lowest BCUT2D eigenvalue weighted by atomic mass is 9.95. The van der Waals surface area contributed by atoms with Gasteiger partial charge in [-0.2, -0.15) is 0 Å². The van der Waals surface area contributed by atoms with Crippen molar-refractivity contribution in [2.24, 2.45) is 0 Å². The van der Waals surface area contributed by atoms with Crippen LogP contribution in [0.5, 0.6) is 0 Å². The first-order valence-electron chi connectivity index (χ1n) is 8.94. The molecule has 2 aliphatic heterocycles. The molecule has 2 heterocycles. The fourth-order valence-corrected chi connectivity index (χ4v) is 4.60. The molecule has 0 saturated carbocycles. The van der Waals surface area contributed by atoms with Gasteiger partial charge in [0.25, 0.3) is 5.91 Å². The van der Waals surface area contributed by atoms with Crippen molar-refractivity contribution in [1.82, 2.24) is 4.90 Å². The van der Waals surface area contributed by atoms with Crippen molar-refractivity contribution in [3.8, 4) is 0 Å². The van der Waals surface area contributed by atoms with E-state index in [9.17, 15) is 19.5 Å². The second-order valence-corrected chi connectivity index (χ2v) is 7.71. The average molecular weight is 389 g/mol. The quantitative estimate of drug-likeness (QED) is 0.722. The number of rotatable bonds is 7. The molecule has 0 radical (unpaired) electrons. The first-order chi connectivity index (χ1) is 12.9. The lowest BCUT2D eigenvalue weighted by Gasteiger charge is -2.27. The summed E-state index contributed by atoms with van der Waals surface area (Å²) in [7, 11) is 0. The fraction of sp³-hybridized carbons (Fsp3) is 0.450. The zero-order chi connectivity index (χ0) is 19.6. The molecule has 2 aliphatic rings. The molecule has 7 heteroatoms. The highest BCUT2D eigenvalue weighted by Crippen LogP contribution is 2.37. The summed E-state index contributed by atoms with van der Waals surface area (Å²) in [4.78, 5) is 39.3. The molecule has 0 aromatic heterocycles. The van der Waals surface area contributed by atoms with E-state index in [0.29, 0.717) is 24.3 Å². The number of carbonyl (C=O) groups excluding carboxylic acids is 2. The molecule has 1 amide bonds. The zero-order valence-electron chi connectivity index (χ0n) is 15.4. The van der Waals surface area contributed by atoms with E-state index in [1.807, 2.05) is 25.3 Å². The molecule has 6 nitrogen and oxygen atoms in total. The van der Waals surface area contributed by atoms with Crippen LogP contribution in [-0.4, -0.2) is 58.6 Å². The van der Waals surface area contributed by atoms with Gasteiger partial charge in [-0.3, -0.25) is 14.4 Å². The van der Waals surface area contributed by atoms with Crippen LogP contribution < -0.4 is 0 Å². The number of ether oxygens (including phenoxy) is 1. The normalized spacial score (nSPS) is 22.6. The Morgan fingerprint density at radius 3 is 2.67 bits per heavy atom. The summed E-state index contributed by atoms with van der Waals surface area (Å²) in [6.07, 6.45) is 3.11. The number of nitrogens with zero attached hydrogens (tertiary/aromatic N) is 1. The van der Waals surface area contributed by atoms with Crippen LogP contribution in [0.15, 0.2) is 35.4 Å². The van der Waals surface area contributed by atoms with E-state index in [1.165, 1.54) is 11.8 Å². The Labute approximate surface area is 162 Å². The maximum absolute atomic E-state index is 13.3. The van der Waals surface area contributed by atoms with E-state index in [4.69, 9.17) is 4.74 Å². The molecule has 1 fully saturated rings. The van der Waals surface area contributed by atoms with Gasteiger partial charge in [-0.15, -0.1) is 11.8 Å². The maximum Gasteiger partial charge on any atom is 0.308 e. The average Bonchev–Trinajstić information content (AvgIpc) is 3.23. The molecule has 0 spiro atoms. The second kappa shape index (κ2) is 8.27. The Hall–Kier alpha value is -2.12. The van der Waals surface area contributed by atoms with E-state index in [1.54, 1.807) is 17.0 Å². The maximum atomic E-state index is 13.3. The third-order valence-electron chi connectivity index (χ3n) is 4.98. The monoisotopic (exact) mass is 389 g/mol. The summed E-state index contributed by atoms with van der Waals surface area (Å²) < 4.78 is 5.65. The van der Waals surface area contributed by atoms with Crippen molar-refractivity contribution >= 4 is 29.4 Å². The van der Waals surface area contributed by atoms with Crippen LogP contribution in [0.2, 0.25) is 0 Å². The summed E-state index contributed by atoms with van der Waals surface area (Å²) >= 11 is 1.37. The lowest BCUT2D eigenvalue weighted by Crippen LogP contribution is -2.40. The van der Waals surface area contributed by atoms with Crippen LogP contribution in [-0.2, 0) is 14.3 Å². The third-order valence-corrected chi connectivity index (χ3v) is 5.92. The zero-order valence-corrected chi connectivity index (χ0v) is 16.3. The van der Waals surface area contributed by atoms with Gasteiger partial charge in [0.05, 0.1) is 12.5 Å². The highest BCUT2D eigenvalue weighted by molar-refractivity contribution is 7.99. The van der Waals surface area contributed by atoms with Crippen molar-refractivity contribution in [1.29, 1.82) is 0 Å². The van der Waals surface area contributed by atoms with Gasteiger partial charge in [0, 0.05) is 29.9 Å². The van der Waals surface area contributed by atoms with Crippen LogP contribution in [0.25, 0.3) is 0 Å². The van der Waals surface area contributed by atoms with Gasteiger partial charge >= 0.3 is 5.97 Å². The van der Waals surface area contributed by atoms with Gasteiger partial charge in [-0.05, 0) is 31.6 Å². The number of carboxylic acids is 1. The molecule has 1 N–H and O–H groups in total. The van der Waals surface area contributed by atoms with Crippen molar-refractivity contribution in [2.45, 2.75) is 37.7 Å². The molecule has 1 saturated heterocycles. The Morgan fingerprint density at radius 1 is 1.33 bits per heavy atom. The molecule has 27 heavy (non-hydrogen) atoms. The SMILES string of the molecule is CS[C@@H]1C(C(=O)c2ccccc2C)=C(CC(=O)O)C(=O)N1C[C@H]1CCCO1. The number of aliphatic carboxylic acids is 1. The summed E-state index contributed by atoms with van der Waals surface area (Å²) in [5, 5.41) is 8.80. The third kappa shape index (κ3) is 3.94. The summed E-state index contributed by atoms with van der Waals surface area (Å²) in [5.41, 5.74) is 1.69. The molecular weight excluding hydrogens is 366 g/mol. The van der Waals surface area contributed by atoms with E-state index in [2.05, 4.69) is 0 Å². The number of aryl methyl sites for hydroxylation is 1. The van der Waals surface area contributed by atoms with Gasteiger partial charge < -0.3 is 14.7 Å². The number of carboxylic acid groups (broad SMARTS) is 1. The number of thioether (sulfide) groups is 1. The van der Waals surface area contributed by atoms with Crippen molar-refractivity contribution in [3.05, 3.63) is 46.5 Å². The van der Waals surface area contributed by atoms with Gasteiger partial charge in [-0.25, -0.2) is 0 Å². The van der Waals surface area contributed by atoms with E-state index < -0.39 is 17.8 Å². The predicted molar refractivity (Wildman–Crippen MR) is 103 cm³/mol. The number of Topliss-reactive ketones (excluding diaryl/α,β-unsaturated/α-hetero) is 1. The standard InChI is InChI=1S/C20H23NO5S/c1-12-6-3-4-8-14(12)18(24)17-15(10-16(22)23)19(25)21(20(17)27-2)11-13-7-5-9-26-13/h3-4,6,8,13,20H,5,7,9-11H2,1-2H3,(H,22,23)/t13-,20-/m1/s1. The predicted octanol–water partition coefficient (Wildman–Crippen LogP) is 2.66. The molecule has 1 aromatic rings. The van der Waals surface area contributed by atoms with E-state index in [0.717, 1.165) is 18.4 Å². The first kappa shape index (κ1) is 19.6. The van der Waals surface area contributed by atoms with Crippen LogP contribution >= 0.6 is 11.8 Å². The van der Waals surface area contributed by atoms with Gasteiger partial charge in [-0.1, -0.05) is 24.3 Å². The number of ketones is 1. The highest BCUT2D eigenvalue weighted by atomic mass is 32.2. The molecule has 1 aromatic carbocycles. The number of amides is 1. The fourth-order valence-electron chi connectivity index (χ4n) is 3.68. The summed E-state index contributed by atoms with van der Waals surface area (Å²) in [6, 6.07) is 7.16. The number of benzene rings is 1. The van der Waals surface area contributed by atoms with Crippen LogP contribution in [0.3, 0.4) is 0 Å². The van der Waals surface area contributed by atoms with Crippen LogP contribution in [0, 0.1) is 6.92 Å². The molecule has 2 atom stereocenters. The number of hydrogen-bond acceptors (Lipinski definition) is 5. The number of hydrogen-bond donors (Lipinski definition) is 1. The topological polar surface area (TPSA) is 83.9 Å². The summed E-state index contributed by atoms with van der Waals surface area (Å²) in [5.74, 6) is -1.76. The van der Waals surface area contributed by atoms with E-state index in [-0.39, 0.29) is 23.4 Å². The van der Waals surface area contributed by atoms with Crippen molar-refractivity contribution in [3.63, 3.8) is 0 Å². The van der Waals surface area contributed by atoms with E-state index >= 15 is 0 Å². The minimum absolute atomic E-state index is 0.0670. The van der Waals surface area contributed by atoms with Crippen LogP contribution in [0.4, 0.5) is 0 Å². The molecule has 0 aliphatic carbocycles. The number of carbonyl (C=O) groups is 3. The molecule has 0 bridgehead atoms. The molecule has 144 valence electrons. The smallest absolute Gasteiger partial charge is 0.308 e. The van der Waals surface area contributed by atoms with Crippen LogP contribution in [0.1, 0.15) is 35.2 Å². The highest BCUT2D eigenvalue weighted by Gasteiger charge is 2.43. The second-order valence-electron chi connectivity index (χ2n) is 6.79. The summed E-state index contributed by atoms with van der Waals surface area (Å²) in [6.45, 7) is 2.87. The Bertz CT molecular complexity index is 797. The Morgan fingerprint density at radius 2 is 2.07 bits per heavy atom. The van der Waals surface area contributed by atoms with Gasteiger partial charge in [0.15, 0.2) is 5.78 Å². The first-order valence-corrected chi connectivity index (χ1v) is 10.2. The van der Waals surface area contributed by atoms with Crippen molar-refractivity contribution < 1.29 is 24.2 Å². The minimum atomic E-state index is -1.12. The largest absolute Gasteiger partial charge is 0.481 e. The molecule has 3 rings (SSSR count). The minimum Gasteiger partial charge on any atom is -0.481 e. The van der Waals surface area contributed by atoms with Gasteiger partial charge in [0.1, 0.15) is 5.37 Å². The Kier molecular flexibility index (Phi) is 6.01. The molecular formula is C20H23NO5S. The lowest BCUT2D eigenvalue weighted by molar-refractivity contribution is -0.137. The Balaban J connectivity index is 2.00. The molecule has 0 unspecified atom stereocenters. The van der Waals surface area contributed by atoms with Gasteiger partial charge in [0.2, 0.25) is 0 Å².